The molecule has 2 heterocycles. The third kappa shape index (κ3) is 2.31. The van der Waals surface area contributed by atoms with Gasteiger partial charge in [0.25, 0.3) is 0 Å². The minimum atomic E-state index is 0.0544. The molecule has 0 N–H and O–H groups in total. The first kappa shape index (κ1) is 12.9. The Kier molecular flexibility index (Phi) is 3.26. The van der Waals surface area contributed by atoms with E-state index in [2.05, 4.69) is 35.0 Å². The molecule has 0 unspecified atom stereocenters. The van der Waals surface area contributed by atoms with Gasteiger partial charge in [0.15, 0.2) is 5.78 Å². The lowest BCUT2D eigenvalue weighted by Gasteiger charge is -2.30. The number of carbonyl (C=O) groups is 1. The van der Waals surface area contributed by atoms with Crippen molar-refractivity contribution in [2.45, 2.75) is 26.7 Å². The second-order valence-electron chi connectivity index (χ2n) is 5.35. The summed E-state index contributed by atoms with van der Waals surface area (Å²) in [6.45, 7) is 4.66. The molecule has 3 heteroatoms. The number of Topliss-reactive ketones (excluding diaryl/α,β-unsaturated/α-hetero) is 1. The second-order valence-corrected chi connectivity index (χ2v) is 5.35. The molecular weight excluding hydrogens is 248 g/mol. The number of anilines is 2. The average molecular weight is 266 g/mol. The molecule has 0 aliphatic carbocycles. The number of nitrogens with zero attached hydrogens (tertiary/aromatic N) is 2. The highest BCUT2D eigenvalue weighted by Gasteiger charge is 2.19. The largest absolute Gasteiger partial charge is 0.326 e. The summed E-state index contributed by atoms with van der Waals surface area (Å²) in [5.74, 6) is 0.971. The van der Waals surface area contributed by atoms with Gasteiger partial charge in [-0.1, -0.05) is 17.7 Å². The molecular formula is C17H18N2O. The third-order valence-corrected chi connectivity index (χ3v) is 3.78. The van der Waals surface area contributed by atoms with Crippen LogP contribution >= 0.6 is 0 Å². The van der Waals surface area contributed by atoms with Crippen molar-refractivity contribution in [3.8, 4) is 0 Å². The van der Waals surface area contributed by atoms with Gasteiger partial charge in [0.1, 0.15) is 5.82 Å². The Hall–Kier alpha value is -2.16. The summed E-state index contributed by atoms with van der Waals surface area (Å²) in [4.78, 5) is 18.0. The topological polar surface area (TPSA) is 33.2 Å². The van der Waals surface area contributed by atoms with Crippen molar-refractivity contribution < 1.29 is 4.79 Å². The van der Waals surface area contributed by atoms with Gasteiger partial charge in [-0.15, -0.1) is 0 Å². The predicted octanol–water partition coefficient (Wildman–Crippen LogP) is 3.68. The highest BCUT2D eigenvalue weighted by molar-refractivity contribution is 5.93. The van der Waals surface area contributed by atoms with Gasteiger partial charge in [0.2, 0.25) is 0 Å². The molecule has 3 rings (SSSR count). The van der Waals surface area contributed by atoms with E-state index in [0.29, 0.717) is 5.56 Å². The van der Waals surface area contributed by atoms with Crippen LogP contribution in [-0.4, -0.2) is 17.3 Å². The standard InChI is InChI=1S/C17H18N2O/c1-12-5-7-16-14(10-12)4-3-9-19(16)17-8-6-15(11-18-17)13(2)20/h5-8,10-11H,3-4,9H2,1-2H3. The van der Waals surface area contributed by atoms with Crippen LogP contribution in [0.4, 0.5) is 11.5 Å². The number of aryl methyl sites for hydroxylation is 2. The number of benzene rings is 1. The highest BCUT2D eigenvalue weighted by atomic mass is 16.1. The normalized spacial score (nSPS) is 14.0. The molecule has 1 aromatic carbocycles. The van der Waals surface area contributed by atoms with Crippen LogP contribution in [0.1, 0.15) is 34.8 Å². The van der Waals surface area contributed by atoms with Crippen molar-refractivity contribution in [2.75, 3.05) is 11.4 Å². The minimum Gasteiger partial charge on any atom is -0.326 e. The highest BCUT2D eigenvalue weighted by Crippen LogP contribution is 2.32. The number of ketones is 1. The maximum atomic E-state index is 11.3. The first-order valence-electron chi connectivity index (χ1n) is 6.99. The molecule has 1 aliphatic heterocycles. The van der Waals surface area contributed by atoms with Crippen molar-refractivity contribution in [3.05, 3.63) is 53.2 Å². The second kappa shape index (κ2) is 5.08. The first-order chi connectivity index (χ1) is 9.65. The molecule has 3 nitrogen and oxygen atoms in total. The fourth-order valence-electron chi connectivity index (χ4n) is 2.72. The fourth-order valence-corrected chi connectivity index (χ4v) is 2.72. The molecule has 0 saturated carbocycles. The number of carbonyl (C=O) groups excluding carboxylic acids is 1. The van der Waals surface area contributed by atoms with E-state index in [1.165, 1.54) is 16.8 Å². The number of hydrogen-bond donors (Lipinski definition) is 0. The fraction of sp³-hybridized carbons (Fsp3) is 0.294. The van der Waals surface area contributed by atoms with Crippen LogP contribution in [0.15, 0.2) is 36.5 Å². The van der Waals surface area contributed by atoms with Crippen LogP contribution in [0.3, 0.4) is 0 Å². The third-order valence-electron chi connectivity index (χ3n) is 3.78. The predicted molar refractivity (Wildman–Crippen MR) is 80.7 cm³/mol. The Morgan fingerprint density at radius 3 is 2.80 bits per heavy atom. The van der Waals surface area contributed by atoms with E-state index in [1.807, 2.05) is 12.1 Å². The molecule has 1 aromatic heterocycles. The van der Waals surface area contributed by atoms with Crippen LogP contribution in [0, 0.1) is 6.92 Å². The SMILES string of the molecule is CC(=O)c1ccc(N2CCCc3cc(C)ccc32)nc1. The summed E-state index contributed by atoms with van der Waals surface area (Å²) >= 11 is 0. The van der Waals surface area contributed by atoms with Crippen LogP contribution in [0.2, 0.25) is 0 Å². The van der Waals surface area contributed by atoms with Crippen LogP contribution in [-0.2, 0) is 6.42 Å². The molecule has 20 heavy (non-hydrogen) atoms. The monoisotopic (exact) mass is 266 g/mol. The Labute approximate surface area is 119 Å². The maximum absolute atomic E-state index is 11.3. The smallest absolute Gasteiger partial charge is 0.161 e. The van der Waals surface area contributed by atoms with Crippen molar-refractivity contribution in [2.24, 2.45) is 0 Å². The quantitative estimate of drug-likeness (QED) is 0.777. The molecule has 102 valence electrons. The summed E-state index contributed by atoms with van der Waals surface area (Å²) in [7, 11) is 0. The summed E-state index contributed by atoms with van der Waals surface area (Å²) in [5, 5.41) is 0. The molecule has 0 atom stereocenters. The van der Waals surface area contributed by atoms with E-state index in [0.717, 1.165) is 25.2 Å². The van der Waals surface area contributed by atoms with Crippen molar-refractivity contribution in [3.63, 3.8) is 0 Å². The molecule has 0 radical (unpaired) electrons. The van der Waals surface area contributed by atoms with Crippen LogP contribution in [0.25, 0.3) is 0 Å². The molecule has 0 amide bonds. The Balaban J connectivity index is 1.98. The van der Waals surface area contributed by atoms with Gasteiger partial charge in [0.05, 0.1) is 0 Å². The number of pyridine rings is 1. The zero-order valence-corrected chi connectivity index (χ0v) is 11.9. The number of fused-ring (bicyclic) bond motifs is 1. The average Bonchev–Trinajstić information content (AvgIpc) is 2.46. The van der Waals surface area contributed by atoms with Gasteiger partial charge in [0, 0.05) is 24.0 Å². The van der Waals surface area contributed by atoms with Crippen LogP contribution < -0.4 is 4.90 Å². The molecule has 0 saturated heterocycles. The minimum absolute atomic E-state index is 0.0544. The first-order valence-corrected chi connectivity index (χ1v) is 6.99. The maximum Gasteiger partial charge on any atom is 0.161 e. The number of aromatic nitrogens is 1. The van der Waals surface area contributed by atoms with Gasteiger partial charge in [-0.25, -0.2) is 4.98 Å². The van der Waals surface area contributed by atoms with E-state index in [-0.39, 0.29) is 5.78 Å². The summed E-state index contributed by atoms with van der Waals surface area (Å²) in [5.41, 5.74) is 4.58. The Bertz CT molecular complexity index is 647. The van der Waals surface area contributed by atoms with Crippen molar-refractivity contribution in [1.29, 1.82) is 0 Å². The Morgan fingerprint density at radius 2 is 2.10 bits per heavy atom. The van der Waals surface area contributed by atoms with Crippen molar-refractivity contribution >= 4 is 17.3 Å². The molecule has 1 aliphatic rings. The van der Waals surface area contributed by atoms with Crippen LogP contribution in [0.5, 0.6) is 0 Å². The molecule has 0 fully saturated rings. The van der Waals surface area contributed by atoms with Gasteiger partial charge >= 0.3 is 0 Å². The van der Waals surface area contributed by atoms with Gasteiger partial charge < -0.3 is 4.90 Å². The lowest BCUT2D eigenvalue weighted by atomic mass is 9.99. The van der Waals surface area contributed by atoms with Gasteiger partial charge in [-0.3, -0.25) is 4.79 Å². The van der Waals surface area contributed by atoms with E-state index in [9.17, 15) is 4.79 Å². The molecule has 2 aromatic rings. The van der Waals surface area contributed by atoms with Gasteiger partial charge in [-0.2, -0.15) is 0 Å². The lowest BCUT2D eigenvalue weighted by Crippen LogP contribution is -2.25. The van der Waals surface area contributed by atoms with E-state index in [1.54, 1.807) is 13.1 Å². The zero-order chi connectivity index (χ0) is 14.1. The number of rotatable bonds is 2. The van der Waals surface area contributed by atoms with Gasteiger partial charge in [-0.05, 0) is 50.5 Å². The summed E-state index contributed by atoms with van der Waals surface area (Å²) in [6, 6.07) is 10.4. The van der Waals surface area contributed by atoms with E-state index >= 15 is 0 Å². The molecule has 0 spiro atoms. The molecule has 0 bridgehead atoms. The number of hydrogen-bond acceptors (Lipinski definition) is 3. The zero-order valence-electron chi connectivity index (χ0n) is 11.9. The van der Waals surface area contributed by atoms with E-state index in [4.69, 9.17) is 0 Å². The summed E-state index contributed by atoms with van der Waals surface area (Å²) < 4.78 is 0. The van der Waals surface area contributed by atoms with E-state index < -0.39 is 0 Å². The lowest BCUT2D eigenvalue weighted by molar-refractivity contribution is 0.101. The van der Waals surface area contributed by atoms with Crippen molar-refractivity contribution in [1.82, 2.24) is 4.98 Å². The summed E-state index contributed by atoms with van der Waals surface area (Å²) in [6.07, 6.45) is 3.92. The Morgan fingerprint density at radius 1 is 1.25 bits per heavy atom.